The van der Waals surface area contributed by atoms with E-state index in [9.17, 15) is 4.79 Å². The highest BCUT2D eigenvalue weighted by Gasteiger charge is 2.37. The molecule has 1 unspecified atom stereocenters. The number of amides is 1. The fourth-order valence-electron chi connectivity index (χ4n) is 2.37. The van der Waals surface area contributed by atoms with Gasteiger partial charge in [-0.3, -0.25) is 4.79 Å². The highest BCUT2D eigenvalue weighted by Crippen LogP contribution is 2.35. The number of benzene rings is 1. The van der Waals surface area contributed by atoms with Crippen molar-refractivity contribution in [2.45, 2.75) is 56.5 Å². The largest absolute Gasteiger partial charge is 0.353 e. The fraction of sp³-hybridized carbons (Fsp3) is 0.562. The van der Waals surface area contributed by atoms with Gasteiger partial charge in [0, 0.05) is 11.6 Å². The predicted molar refractivity (Wildman–Crippen MR) is 75.9 cm³/mol. The maximum absolute atomic E-state index is 12.0. The molecule has 102 valence electrons. The van der Waals surface area contributed by atoms with Crippen LogP contribution < -0.4 is 11.1 Å². The summed E-state index contributed by atoms with van der Waals surface area (Å²) < 4.78 is 0. The number of carbonyl (C=O) groups is 1. The van der Waals surface area contributed by atoms with E-state index in [4.69, 9.17) is 5.73 Å². The number of nitrogens with one attached hydrogen (secondary N) is 1. The lowest BCUT2D eigenvalue weighted by Crippen LogP contribution is -2.29. The van der Waals surface area contributed by atoms with Gasteiger partial charge in [-0.15, -0.1) is 0 Å². The third-order valence-corrected chi connectivity index (χ3v) is 4.25. The zero-order chi connectivity index (χ0) is 13.5. The molecule has 3 nitrogen and oxygen atoms in total. The molecule has 2 fully saturated rings. The second-order valence-electron chi connectivity index (χ2n) is 6.29. The number of hydrogen-bond donors (Lipinski definition) is 2. The number of rotatable bonds is 5. The molecule has 2 aliphatic carbocycles. The van der Waals surface area contributed by atoms with Gasteiger partial charge in [-0.2, -0.15) is 0 Å². The average Bonchev–Trinajstić information content (AvgIpc) is 3.30. The molecule has 0 aromatic heterocycles. The molecule has 3 N–H and O–H groups in total. The minimum Gasteiger partial charge on any atom is -0.353 e. The van der Waals surface area contributed by atoms with Gasteiger partial charge < -0.3 is 11.1 Å². The standard InChI is InChI=1S/C16H22N2O/c1-11(15(19)18-14-6-7-14)13-4-2-12(3-5-13)10-16(17)8-9-16/h2-5,11,14H,6-10,17H2,1H3,(H,18,19). The molecule has 3 rings (SSSR count). The minimum atomic E-state index is -0.0672. The summed E-state index contributed by atoms with van der Waals surface area (Å²) in [6.45, 7) is 1.97. The van der Waals surface area contributed by atoms with Crippen molar-refractivity contribution < 1.29 is 4.79 Å². The van der Waals surface area contributed by atoms with Crippen LogP contribution in [0.1, 0.15) is 49.7 Å². The molecule has 3 heteroatoms. The normalized spacial score (nSPS) is 21.8. The molecule has 2 aliphatic rings. The Bertz CT molecular complexity index is 472. The predicted octanol–water partition coefficient (Wildman–Crippen LogP) is 2.10. The summed E-state index contributed by atoms with van der Waals surface area (Å²) in [6, 6.07) is 8.80. The Morgan fingerprint density at radius 3 is 2.53 bits per heavy atom. The van der Waals surface area contributed by atoms with Crippen molar-refractivity contribution in [1.82, 2.24) is 5.32 Å². The van der Waals surface area contributed by atoms with E-state index in [0.29, 0.717) is 6.04 Å². The summed E-state index contributed by atoms with van der Waals surface area (Å²) in [7, 11) is 0. The third kappa shape index (κ3) is 3.16. The highest BCUT2D eigenvalue weighted by atomic mass is 16.1. The van der Waals surface area contributed by atoms with Crippen LogP contribution in [0.15, 0.2) is 24.3 Å². The number of carbonyl (C=O) groups excluding carboxylic acids is 1. The van der Waals surface area contributed by atoms with Crippen LogP contribution in [0.4, 0.5) is 0 Å². The first-order chi connectivity index (χ1) is 9.06. The van der Waals surface area contributed by atoms with Gasteiger partial charge in [0.15, 0.2) is 0 Å². The molecule has 1 aromatic rings. The lowest BCUT2D eigenvalue weighted by molar-refractivity contribution is -0.122. The van der Waals surface area contributed by atoms with Gasteiger partial charge in [0.25, 0.3) is 0 Å². The van der Waals surface area contributed by atoms with Gasteiger partial charge >= 0.3 is 0 Å². The Morgan fingerprint density at radius 1 is 1.37 bits per heavy atom. The van der Waals surface area contributed by atoms with E-state index in [1.165, 1.54) is 5.56 Å². The Balaban J connectivity index is 1.62. The first kappa shape index (κ1) is 12.7. The molecule has 1 amide bonds. The lowest BCUT2D eigenvalue weighted by Gasteiger charge is -2.14. The molecule has 1 aromatic carbocycles. The SMILES string of the molecule is CC(C(=O)NC1CC1)c1ccc(CC2(N)CC2)cc1. The van der Waals surface area contributed by atoms with E-state index in [0.717, 1.165) is 37.7 Å². The molecule has 2 saturated carbocycles. The Morgan fingerprint density at radius 2 is 2.00 bits per heavy atom. The Hall–Kier alpha value is -1.35. The molecule has 0 saturated heterocycles. The van der Waals surface area contributed by atoms with Crippen molar-refractivity contribution >= 4 is 5.91 Å². The fourth-order valence-corrected chi connectivity index (χ4v) is 2.37. The summed E-state index contributed by atoms with van der Waals surface area (Å²) in [5.74, 6) is 0.0788. The average molecular weight is 258 g/mol. The number of nitrogens with two attached hydrogens (primary N) is 1. The molecule has 19 heavy (non-hydrogen) atoms. The molecular weight excluding hydrogens is 236 g/mol. The molecular formula is C16H22N2O. The zero-order valence-electron chi connectivity index (χ0n) is 11.5. The van der Waals surface area contributed by atoms with Crippen molar-refractivity contribution in [2.24, 2.45) is 5.73 Å². The van der Waals surface area contributed by atoms with E-state index in [2.05, 4.69) is 29.6 Å². The van der Waals surface area contributed by atoms with E-state index >= 15 is 0 Å². The first-order valence-electron chi connectivity index (χ1n) is 7.24. The zero-order valence-corrected chi connectivity index (χ0v) is 11.5. The Labute approximate surface area is 114 Å². The van der Waals surface area contributed by atoms with Crippen LogP contribution >= 0.6 is 0 Å². The van der Waals surface area contributed by atoms with Crippen LogP contribution in [0.25, 0.3) is 0 Å². The molecule has 0 aliphatic heterocycles. The van der Waals surface area contributed by atoms with Crippen molar-refractivity contribution in [1.29, 1.82) is 0 Å². The van der Waals surface area contributed by atoms with Crippen LogP contribution in [0.2, 0.25) is 0 Å². The topological polar surface area (TPSA) is 55.1 Å². The number of hydrogen-bond acceptors (Lipinski definition) is 2. The quantitative estimate of drug-likeness (QED) is 0.850. The van der Waals surface area contributed by atoms with Crippen LogP contribution in [0, 0.1) is 0 Å². The minimum absolute atomic E-state index is 0.0521. The second-order valence-corrected chi connectivity index (χ2v) is 6.29. The second kappa shape index (κ2) is 4.64. The monoisotopic (exact) mass is 258 g/mol. The van der Waals surface area contributed by atoms with Crippen molar-refractivity contribution in [3.8, 4) is 0 Å². The van der Waals surface area contributed by atoms with Gasteiger partial charge in [0.2, 0.25) is 5.91 Å². The van der Waals surface area contributed by atoms with Gasteiger partial charge in [0.1, 0.15) is 0 Å². The van der Waals surface area contributed by atoms with E-state index in [1.54, 1.807) is 0 Å². The molecule has 0 radical (unpaired) electrons. The molecule has 1 atom stereocenters. The highest BCUT2D eigenvalue weighted by molar-refractivity contribution is 5.83. The van der Waals surface area contributed by atoms with Gasteiger partial charge in [-0.05, 0) is 50.2 Å². The lowest BCUT2D eigenvalue weighted by atomic mass is 9.97. The van der Waals surface area contributed by atoms with Gasteiger partial charge in [-0.1, -0.05) is 24.3 Å². The van der Waals surface area contributed by atoms with Crippen LogP contribution in [0.5, 0.6) is 0 Å². The first-order valence-corrected chi connectivity index (χ1v) is 7.24. The van der Waals surface area contributed by atoms with Crippen LogP contribution in [-0.4, -0.2) is 17.5 Å². The summed E-state index contributed by atoms with van der Waals surface area (Å²) in [5.41, 5.74) is 8.54. The maximum atomic E-state index is 12.0. The van der Waals surface area contributed by atoms with Crippen LogP contribution in [0.3, 0.4) is 0 Å². The van der Waals surface area contributed by atoms with Crippen molar-refractivity contribution in [3.63, 3.8) is 0 Å². The van der Waals surface area contributed by atoms with Gasteiger partial charge in [-0.25, -0.2) is 0 Å². The summed E-state index contributed by atoms with van der Waals surface area (Å²) in [6.07, 6.45) is 5.49. The van der Waals surface area contributed by atoms with Crippen LogP contribution in [-0.2, 0) is 11.2 Å². The molecule has 0 bridgehead atoms. The van der Waals surface area contributed by atoms with E-state index in [-0.39, 0.29) is 17.4 Å². The smallest absolute Gasteiger partial charge is 0.227 e. The third-order valence-electron chi connectivity index (χ3n) is 4.25. The van der Waals surface area contributed by atoms with E-state index in [1.807, 2.05) is 6.92 Å². The maximum Gasteiger partial charge on any atom is 0.227 e. The summed E-state index contributed by atoms with van der Waals surface area (Å²) in [5, 5.41) is 3.06. The van der Waals surface area contributed by atoms with E-state index < -0.39 is 0 Å². The molecule has 0 heterocycles. The molecule has 0 spiro atoms. The Kier molecular flexibility index (Phi) is 3.09. The van der Waals surface area contributed by atoms with Crippen molar-refractivity contribution in [3.05, 3.63) is 35.4 Å². The van der Waals surface area contributed by atoms with Gasteiger partial charge in [0.05, 0.1) is 5.92 Å². The summed E-state index contributed by atoms with van der Waals surface area (Å²) >= 11 is 0. The summed E-state index contributed by atoms with van der Waals surface area (Å²) in [4.78, 5) is 12.0. The van der Waals surface area contributed by atoms with Crippen molar-refractivity contribution in [2.75, 3.05) is 0 Å².